The number of aryl methyl sites for hydroxylation is 1. The number of H-pyrrole nitrogens is 1. The highest BCUT2D eigenvalue weighted by molar-refractivity contribution is 7.09. The topological polar surface area (TPSA) is 79.4 Å². The number of aromatic amines is 1. The molecule has 0 atom stereocenters. The number of aromatic nitrogens is 5. The number of hydrogen-bond donors (Lipinski definition) is 2. The fourth-order valence-electron chi connectivity index (χ4n) is 1.11. The molecule has 15 heavy (non-hydrogen) atoms. The lowest BCUT2D eigenvalue weighted by molar-refractivity contribution is 0.897. The van der Waals surface area contributed by atoms with Crippen LogP contribution in [0.15, 0.2) is 6.33 Å². The van der Waals surface area contributed by atoms with Crippen molar-refractivity contribution in [3.63, 3.8) is 0 Å². The molecule has 0 aromatic carbocycles. The smallest absolute Gasteiger partial charge is 0.202 e. The zero-order chi connectivity index (χ0) is 10.5. The lowest BCUT2D eigenvalue weighted by atomic mass is 10.4. The van der Waals surface area contributed by atoms with Crippen LogP contribution >= 0.6 is 11.5 Å². The molecule has 0 bridgehead atoms. The van der Waals surface area contributed by atoms with Gasteiger partial charge in [-0.1, -0.05) is 6.92 Å². The van der Waals surface area contributed by atoms with E-state index in [1.165, 1.54) is 17.9 Å². The molecule has 0 spiro atoms. The molecule has 0 saturated carbocycles. The summed E-state index contributed by atoms with van der Waals surface area (Å²) in [6.45, 7) is 2.83. The third-order valence-corrected chi connectivity index (χ3v) is 2.60. The van der Waals surface area contributed by atoms with Crippen LogP contribution in [0.3, 0.4) is 0 Å². The van der Waals surface area contributed by atoms with E-state index in [0.29, 0.717) is 0 Å². The summed E-state index contributed by atoms with van der Waals surface area (Å²) in [5.41, 5.74) is 0. The zero-order valence-electron chi connectivity index (χ0n) is 8.40. The molecule has 0 unspecified atom stereocenters. The van der Waals surface area contributed by atoms with Gasteiger partial charge in [-0.3, -0.25) is 5.10 Å². The van der Waals surface area contributed by atoms with Crippen LogP contribution in [0.1, 0.15) is 18.6 Å². The maximum Gasteiger partial charge on any atom is 0.202 e. The Morgan fingerprint density at radius 3 is 3.13 bits per heavy atom. The van der Waals surface area contributed by atoms with E-state index in [2.05, 4.69) is 29.9 Å². The average molecular weight is 224 g/mol. The molecule has 2 aromatic rings. The van der Waals surface area contributed by atoms with E-state index in [4.69, 9.17) is 0 Å². The second-order valence-electron chi connectivity index (χ2n) is 2.98. The third kappa shape index (κ3) is 2.72. The standard InChI is InChI=1S/C8H12N6S/c1-2-6-12-8(15-14-6)9-4-3-7-10-5-11-13-7/h5H,2-4H2,1H3,(H,9,12,14)(H,10,11,13). The quantitative estimate of drug-likeness (QED) is 0.788. The molecule has 0 amide bonds. The fraction of sp³-hybridized carbons (Fsp3) is 0.500. The molecule has 0 radical (unpaired) electrons. The lowest BCUT2D eigenvalue weighted by Gasteiger charge is -1.98. The van der Waals surface area contributed by atoms with Gasteiger partial charge in [0.05, 0.1) is 0 Å². The Morgan fingerprint density at radius 1 is 1.53 bits per heavy atom. The predicted octanol–water partition coefficient (Wildman–Crippen LogP) is 0.873. The molecule has 0 fully saturated rings. The second kappa shape index (κ2) is 4.83. The van der Waals surface area contributed by atoms with E-state index < -0.39 is 0 Å². The molecular formula is C8H12N6S. The van der Waals surface area contributed by atoms with Gasteiger partial charge in [0.2, 0.25) is 5.13 Å². The normalized spacial score (nSPS) is 10.5. The molecule has 0 aliphatic carbocycles. The number of nitrogens with one attached hydrogen (secondary N) is 2. The van der Waals surface area contributed by atoms with E-state index in [-0.39, 0.29) is 0 Å². The largest absolute Gasteiger partial charge is 0.360 e. The monoisotopic (exact) mass is 224 g/mol. The van der Waals surface area contributed by atoms with Gasteiger partial charge in [0.15, 0.2) is 0 Å². The summed E-state index contributed by atoms with van der Waals surface area (Å²) in [7, 11) is 0. The van der Waals surface area contributed by atoms with E-state index >= 15 is 0 Å². The first kappa shape index (κ1) is 10.0. The van der Waals surface area contributed by atoms with Gasteiger partial charge in [-0.2, -0.15) is 9.47 Å². The minimum absolute atomic E-state index is 0.785. The van der Waals surface area contributed by atoms with Gasteiger partial charge >= 0.3 is 0 Å². The van der Waals surface area contributed by atoms with Gasteiger partial charge in [-0.15, -0.1) is 0 Å². The summed E-state index contributed by atoms with van der Waals surface area (Å²) in [5, 5.41) is 10.6. The van der Waals surface area contributed by atoms with E-state index in [9.17, 15) is 0 Å². The molecule has 2 heterocycles. The first-order valence-electron chi connectivity index (χ1n) is 4.79. The van der Waals surface area contributed by atoms with Gasteiger partial charge in [-0.05, 0) is 0 Å². The Bertz CT molecular complexity index is 395. The lowest BCUT2D eigenvalue weighted by Crippen LogP contribution is -2.05. The number of rotatable bonds is 5. The predicted molar refractivity (Wildman–Crippen MR) is 57.9 cm³/mol. The minimum Gasteiger partial charge on any atom is -0.360 e. The van der Waals surface area contributed by atoms with Gasteiger partial charge < -0.3 is 5.32 Å². The van der Waals surface area contributed by atoms with Crippen molar-refractivity contribution in [3.8, 4) is 0 Å². The highest BCUT2D eigenvalue weighted by Gasteiger charge is 2.01. The van der Waals surface area contributed by atoms with Crippen molar-refractivity contribution in [2.45, 2.75) is 19.8 Å². The number of nitrogens with zero attached hydrogens (tertiary/aromatic N) is 4. The third-order valence-electron chi connectivity index (χ3n) is 1.89. The van der Waals surface area contributed by atoms with Crippen LogP contribution < -0.4 is 5.32 Å². The van der Waals surface area contributed by atoms with Crippen LogP contribution in [0.5, 0.6) is 0 Å². The van der Waals surface area contributed by atoms with Crippen LogP contribution in [-0.4, -0.2) is 31.1 Å². The summed E-state index contributed by atoms with van der Waals surface area (Å²) in [5.74, 6) is 1.77. The molecule has 2 aromatic heterocycles. The summed E-state index contributed by atoms with van der Waals surface area (Å²) >= 11 is 1.39. The summed E-state index contributed by atoms with van der Waals surface area (Å²) < 4.78 is 4.18. The van der Waals surface area contributed by atoms with Crippen molar-refractivity contribution in [2.24, 2.45) is 0 Å². The maximum atomic E-state index is 4.30. The molecule has 0 aliphatic rings. The molecule has 2 rings (SSSR count). The maximum absolute atomic E-state index is 4.30. The SMILES string of the molecule is CCc1nsc(NCCc2ncn[nH]2)n1. The molecule has 0 saturated heterocycles. The first-order chi connectivity index (χ1) is 7.38. The van der Waals surface area contributed by atoms with Crippen LogP contribution in [0.25, 0.3) is 0 Å². The second-order valence-corrected chi connectivity index (χ2v) is 3.73. The van der Waals surface area contributed by atoms with Gasteiger partial charge in [0.1, 0.15) is 18.0 Å². The van der Waals surface area contributed by atoms with Crippen LogP contribution in [0.2, 0.25) is 0 Å². The van der Waals surface area contributed by atoms with Gasteiger partial charge in [-0.25, -0.2) is 9.97 Å². The Hall–Kier alpha value is -1.50. The van der Waals surface area contributed by atoms with Crippen molar-refractivity contribution >= 4 is 16.7 Å². The van der Waals surface area contributed by atoms with Crippen LogP contribution in [-0.2, 0) is 12.8 Å². The Balaban J connectivity index is 1.78. The Labute approximate surface area is 91.3 Å². The van der Waals surface area contributed by atoms with Crippen molar-refractivity contribution in [2.75, 3.05) is 11.9 Å². The van der Waals surface area contributed by atoms with E-state index in [1.54, 1.807) is 0 Å². The molecule has 2 N–H and O–H groups in total. The molecule has 0 aliphatic heterocycles. The molecular weight excluding hydrogens is 212 g/mol. The van der Waals surface area contributed by atoms with Crippen LogP contribution in [0, 0.1) is 0 Å². The summed E-state index contributed by atoms with van der Waals surface area (Å²) in [4.78, 5) is 8.33. The number of hydrogen-bond acceptors (Lipinski definition) is 6. The summed E-state index contributed by atoms with van der Waals surface area (Å²) in [6, 6.07) is 0. The van der Waals surface area contributed by atoms with Gasteiger partial charge in [0, 0.05) is 30.9 Å². The minimum atomic E-state index is 0.785. The van der Waals surface area contributed by atoms with Crippen LogP contribution in [0.4, 0.5) is 5.13 Å². The van der Waals surface area contributed by atoms with E-state index in [0.717, 1.165) is 36.2 Å². The molecule has 6 nitrogen and oxygen atoms in total. The van der Waals surface area contributed by atoms with Gasteiger partial charge in [0.25, 0.3) is 0 Å². The first-order valence-corrected chi connectivity index (χ1v) is 5.56. The van der Waals surface area contributed by atoms with Crippen molar-refractivity contribution in [3.05, 3.63) is 18.0 Å². The molecule has 7 heteroatoms. The average Bonchev–Trinajstić information content (AvgIpc) is 2.88. The Kier molecular flexibility index (Phi) is 3.23. The summed E-state index contributed by atoms with van der Waals surface area (Å²) in [6.07, 6.45) is 3.19. The Morgan fingerprint density at radius 2 is 2.47 bits per heavy atom. The fourth-order valence-corrected chi connectivity index (χ4v) is 1.78. The molecule has 80 valence electrons. The number of anilines is 1. The van der Waals surface area contributed by atoms with E-state index in [1.807, 2.05) is 6.92 Å². The van der Waals surface area contributed by atoms with Crippen molar-refractivity contribution in [1.29, 1.82) is 0 Å². The van der Waals surface area contributed by atoms with Crippen molar-refractivity contribution in [1.82, 2.24) is 24.5 Å². The van der Waals surface area contributed by atoms with Crippen molar-refractivity contribution < 1.29 is 0 Å². The zero-order valence-corrected chi connectivity index (χ0v) is 9.21. The highest BCUT2D eigenvalue weighted by Crippen LogP contribution is 2.10. The highest BCUT2D eigenvalue weighted by atomic mass is 32.1.